The first-order chi connectivity index (χ1) is 7.97. The normalized spacial score (nSPS) is 14.2. The molecule has 0 aliphatic rings. The molecule has 0 fully saturated rings. The highest BCUT2D eigenvalue weighted by Crippen LogP contribution is 2.09. The summed E-state index contributed by atoms with van der Waals surface area (Å²) in [6, 6.07) is -0.0337. The van der Waals surface area contributed by atoms with Gasteiger partial charge in [-0.15, -0.1) is 0 Å². The van der Waals surface area contributed by atoms with Gasteiger partial charge in [-0.3, -0.25) is 10.0 Å². The molecule has 0 amide bonds. The lowest BCUT2D eigenvalue weighted by Crippen LogP contribution is -2.38. The average molecular weight is 238 g/mol. The fraction of sp³-hybridized carbons (Fsp3) is 0.538. The van der Waals surface area contributed by atoms with Gasteiger partial charge < -0.3 is 11.1 Å². The van der Waals surface area contributed by atoms with Crippen molar-refractivity contribution in [1.29, 1.82) is 0 Å². The van der Waals surface area contributed by atoms with Gasteiger partial charge in [0.25, 0.3) is 0 Å². The van der Waals surface area contributed by atoms with Gasteiger partial charge in [0.15, 0.2) is 0 Å². The standard InChI is InChI=1S/C13H26N4/c1-7-12(15-4)9-10-13(11(3)14)17(6)16(5)8-2/h8-11,15H,2,7,14H2,1,3-6H3/b12-9+,13-10+/t11-/m0/s1. The number of nitrogens with two attached hydrogens (primary N) is 1. The summed E-state index contributed by atoms with van der Waals surface area (Å²) in [4.78, 5) is 0. The van der Waals surface area contributed by atoms with E-state index in [9.17, 15) is 0 Å². The Kier molecular flexibility index (Phi) is 7.14. The highest BCUT2D eigenvalue weighted by atomic mass is 15.6. The Morgan fingerprint density at radius 3 is 2.35 bits per heavy atom. The van der Waals surface area contributed by atoms with Crippen molar-refractivity contribution >= 4 is 0 Å². The van der Waals surface area contributed by atoms with Crippen LogP contribution in [0.25, 0.3) is 0 Å². The Balaban J connectivity index is 5.03. The van der Waals surface area contributed by atoms with Crippen LogP contribution in [-0.2, 0) is 0 Å². The largest absolute Gasteiger partial charge is 0.391 e. The number of hydrogen-bond acceptors (Lipinski definition) is 4. The lowest BCUT2D eigenvalue weighted by Gasteiger charge is -2.32. The summed E-state index contributed by atoms with van der Waals surface area (Å²) in [7, 11) is 5.83. The van der Waals surface area contributed by atoms with E-state index >= 15 is 0 Å². The molecule has 0 aliphatic carbocycles. The highest BCUT2D eigenvalue weighted by Gasteiger charge is 2.10. The molecule has 17 heavy (non-hydrogen) atoms. The molecule has 0 radical (unpaired) electrons. The molecule has 4 heteroatoms. The number of rotatable bonds is 7. The molecule has 3 N–H and O–H groups in total. The molecule has 0 saturated carbocycles. The Morgan fingerprint density at radius 2 is 2.00 bits per heavy atom. The van der Waals surface area contributed by atoms with Gasteiger partial charge in [-0.05, 0) is 25.5 Å². The minimum absolute atomic E-state index is 0.0337. The SMILES string of the molecule is C=CN(C)N(C)/C(=C/C=C(\CC)NC)[C@H](C)N. The first-order valence-electron chi connectivity index (χ1n) is 5.91. The van der Waals surface area contributed by atoms with Crippen LogP contribution in [0.15, 0.2) is 36.3 Å². The van der Waals surface area contributed by atoms with Crippen LogP contribution in [0.3, 0.4) is 0 Å². The van der Waals surface area contributed by atoms with E-state index in [1.54, 1.807) is 6.20 Å². The van der Waals surface area contributed by atoms with Gasteiger partial charge in [-0.25, -0.2) is 0 Å². The van der Waals surface area contributed by atoms with Crippen LogP contribution in [0.1, 0.15) is 20.3 Å². The van der Waals surface area contributed by atoms with E-state index in [4.69, 9.17) is 5.73 Å². The molecule has 0 saturated heterocycles. The lowest BCUT2D eigenvalue weighted by atomic mass is 10.2. The second-order valence-electron chi connectivity index (χ2n) is 3.96. The first kappa shape index (κ1) is 15.6. The van der Waals surface area contributed by atoms with Crippen molar-refractivity contribution < 1.29 is 0 Å². The quantitative estimate of drug-likeness (QED) is 0.523. The molecule has 0 rings (SSSR count). The smallest absolute Gasteiger partial charge is 0.0509 e. The average Bonchev–Trinajstić information content (AvgIpc) is 2.32. The van der Waals surface area contributed by atoms with Gasteiger partial charge in [-0.1, -0.05) is 13.5 Å². The van der Waals surface area contributed by atoms with E-state index < -0.39 is 0 Å². The third-order valence-corrected chi connectivity index (χ3v) is 2.73. The Labute approximate surface area is 105 Å². The molecular formula is C13H26N4. The molecule has 0 bridgehead atoms. The van der Waals surface area contributed by atoms with Crippen LogP contribution in [0.5, 0.6) is 0 Å². The number of allylic oxidation sites excluding steroid dienone is 3. The number of hydrazine groups is 1. The van der Waals surface area contributed by atoms with Crippen LogP contribution in [-0.4, -0.2) is 37.2 Å². The summed E-state index contributed by atoms with van der Waals surface area (Å²) in [6.45, 7) is 7.82. The fourth-order valence-electron chi connectivity index (χ4n) is 1.42. The van der Waals surface area contributed by atoms with Gasteiger partial charge in [0.05, 0.1) is 5.70 Å². The molecule has 0 heterocycles. The van der Waals surface area contributed by atoms with E-state index in [2.05, 4.69) is 24.9 Å². The van der Waals surface area contributed by atoms with E-state index in [0.29, 0.717) is 0 Å². The minimum atomic E-state index is -0.0337. The Morgan fingerprint density at radius 1 is 1.41 bits per heavy atom. The molecule has 0 unspecified atom stereocenters. The number of likely N-dealkylation sites (N-methyl/N-ethyl adjacent to an activating group) is 1. The highest BCUT2D eigenvalue weighted by molar-refractivity contribution is 5.18. The van der Waals surface area contributed by atoms with Crippen LogP contribution >= 0.6 is 0 Å². The third-order valence-electron chi connectivity index (χ3n) is 2.73. The van der Waals surface area contributed by atoms with Crippen molar-refractivity contribution in [2.24, 2.45) is 5.73 Å². The van der Waals surface area contributed by atoms with E-state index in [1.807, 2.05) is 44.2 Å². The zero-order valence-electron chi connectivity index (χ0n) is 11.7. The molecule has 0 aromatic rings. The molecule has 0 aliphatic heterocycles. The fourth-order valence-corrected chi connectivity index (χ4v) is 1.42. The molecule has 0 aromatic carbocycles. The summed E-state index contributed by atoms with van der Waals surface area (Å²) in [6.07, 6.45) is 6.82. The summed E-state index contributed by atoms with van der Waals surface area (Å²) in [5.74, 6) is 0. The lowest BCUT2D eigenvalue weighted by molar-refractivity contribution is 0.118. The maximum absolute atomic E-state index is 5.98. The first-order valence-corrected chi connectivity index (χ1v) is 5.91. The van der Waals surface area contributed by atoms with Crippen LogP contribution in [0.4, 0.5) is 0 Å². The Bertz CT molecular complexity index is 286. The zero-order valence-corrected chi connectivity index (χ0v) is 11.7. The maximum Gasteiger partial charge on any atom is 0.0509 e. The summed E-state index contributed by atoms with van der Waals surface area (Å²) in [5.41, 5.74) is 8.19. The van der Waals surface area contributed by atoms with Crippen molar-refractivity contribution in [3.05, 3.63) is 36.3 Å². The van der Waals surface area contributed by atoms with Gasteiger partial charge in [0, 0.05) is 39.1 Å². The monoisotopic (exact) mass is 238 g/mol. The summed E-state index contributed by atoms with van der Waals surface area (Å²) >= 11 is 0. The predicted molar refractivity (Wildman–Crippen MR) is 74.9 cm³/mol. The second-order valence-corrected chi connectivity index (χ2v) is 3.96. The maximum atomic E-state index is 5.98. The number of nitrogens with zero attached hydrogens (tertiary/aromatic N) is 2. The number of nitrogens with one attached hydrogen (secondary N) is 1. The third kappa shape index (κ3) is 4.95. The van der Waals surface area contributed by atoms with E-state index in [1.165, 1.54) is 5.70 Å². The zero-order chi connectivity index (χ0) is 13.4. The van der Waals surface area contributed by atoms with Crippen LogP contribution in [0.2, 0.25) is 0 Å². The van der Waals surface area contributed by atoms with Crippen molar-refractivity contribution in [2.45, 2.75) is 26.3 Å². The molecule has 0 aromatic heterocycles. The van der Waals surface area contributed by atoms with Crippen molar-refractivity contribution in [3.8, 4) is 0 Å². The molecule has 1 atom stereocenters. The van der Waals surface area contributed by atoms with Crippen LogP contribution < -0.4 is 11.1 Å². The predicted octanol–water partition coefficient (Wildman–Crippen LogP) is 1.65. The molecule has 0 spiro atoms. The van der Waals surface area contributed by atoms with E-state index in [-0.39, 0.29) is 6.04 Å². The van der Waals surface area contributed by atoms with Gasteiger partial charge in [0.1, 0.15) is 0 Å². The second kappa shape index (κ2) is 7.79. The Hall–Kier alpha value is -1.42. The van der Waals surface area contributed by atoms with Gasteiger partial charge in [-0.2, -0.15) is 0 Å². The van der Waals surface area contributed by atoms with Crippen molar-refractivity contribution in [3.63, 3.8) is 0 Å². The topological polar surface area (TPSA) is 44.5 Å². The molecular weight excluding hydrogens is 212 g/mol. The number of hydrogen-bond donors (Lipinski definition) is 2. The van der Waals surface area contributed by atoms with Gasteiger partial charge >= 0.3 is 0 Å². The summed E-state index contributed by atoms with van der Waals surface area (Å²) < 4.78 is 0. The van der Waals surface area contributed by atoms with E-state index in [0.717, 1.165) is 12.1 Å². The minimum Gasteiger partial charge on any atom is -0.391 e. The van der Waals surface area contributed by atoms with Crippen molar-refractivity contribution in [2.75, 3.05) is 21.1 Å². The summed E-state index contributed by atoms with van der Waals surface area (Å²) in [5, 5.41) is 7.03. The molecule has 98 valence electrons. The molecule has 4 nitrogen and oxygen atoms in total. The van der Waals surface area contributed by atoms with Crippen molar-refractivity contribution in [1.82, 2.24) is 15.3 Å². The van der Waals surface area contributed by atoms with Gasteiger partial charge in [0.2, 0.25) is 0 Å². The van der Waals surface area contributed by atoms with Crippen LogP contribution in [0, 0.1) is 0 Å².